The second-order valence-electron chi connectivity index (χ2n) is 9.77. The van der Waals surface area contributed by atoms with Gasteiger partial charge in [0.2, 0.25) is 6.29 Å². The summed E-state index contributed by atoms with van der Waals surface area (Å²) in [6.07, 6.45) is -0.780. The van der Waals surface area contributed by atoms with E-state index in [4.69, 9.17) is 18.6 Å². The van der Waals surface area contributed by atoms with Crippen molar-refractivity contribution in [3.8, 4) is 0 Å². The molecule has 4 atom stereocenters. The summed E-state index contributed by atoms with van der Waals surface area (Å²) < 4.78 is 24.1. The van der Waals surface area contributed by atoms with E-state index in [1.165, 1.54) is 6.92 Å². The first-order chi connectivity index (χ1) is 13.8. The molecular formula is C23H36O6Si. The summed E-state index contributed by atoms with van der Waals surface area (Å²) in [5, 5.41) is -0.00750. The molecular weight excluding hydrogens is 400 g/mol. The molecule has 0 saturated carbocycles. The van der Waals surface area contributed by atoms with Crippen molar-refractivity contribution in [1.82, 2.24) is 0 Å². The molecule has 168 valence electrons. The summed E-state index contributed by atoms with van der Waals surface area (Å²) in [6, 6.07) is 8.83. The van der Waals surface area contributed by atoms with E-state index >= 15 is 0 Å². The van der Waals surface area contributed by atoms with Gasteiger partial charge in [-0.25, -0.2) is 4.79 Å². The van der Waals surface area contributed by atoms with Gasteiger partial charge in [-0.2, -0.15) is 0 Å². The molecule has 1 aliphatic rings. The van der Waals surface area contributed by atoms with Gasteiger partial charge in [0.25, 0.3) is 0 Å². The predicted octanol–water partition coefficient (Wildman–Crippen LogP) is 4.94. The number of esters is 2. The largest absolute Gasteiger partial charge is 0.461 e. The first kappa shape index (κ1) is 24.6. The number of hydrogen-bond donors (Lipinski definition) is 0. The fraction of sp³-hybridized carbons (Fsp3) is 0.652. The highest BCUT2D eigenvalue weighted by molar-refractivity contribution is 6.74. The predicted molar refractivity (Wildman–Crippen MR) is 118 cm³/mol. The highest BCUT2D eigenvalue weighted by atomic mass is 28.4. The van der Waals surface area contributed by atoms with E-state index in [1.807, 2.05) is 19.9 Å². The third-order valence-corrected chi connectivity index (χ3v) is 10.7. The van der Waals surface area contributed by atoms with Crippen LogP contribution in [0.2, 0.25) is 18.1 Å². The van der Waals surface area contributed by atoms with Gasteiger partial charge >= 0.3 is 11.9 Å². The number of ether oxygens (including phenoxy) is 3. The Labute approximate surface area is 181 Å². The summed E-state index contributed by atoms with van der Waals surface area (Å²) in [5.74, 6) is -0.868. The van der Waals surface area contributed by atoms with Crippen LogP contribution >= 0.6 is 0 Å². The lowest BCUT2D eigenvalue weighted by Gasteiger charge is -2.43. The van der Waals surface area contributed by atoms with Crippen molar-refractivity contribution in [2.45, 2.75) is 84.6 Å². The molecule has 0 aliphatic carbocycles. The minimum atomic E-state index is -2.17. The Balaban J connectivity index is 2.32. The molecule has 30 heavy (non-hydrogen) atoms. The number of carbonyl (C=O) groups excluding carboxylic acids is 2. The molecule has 2 rings (SSSR count). The average Bonchev–Trinajstić information content (AvgIpc) is 2.90. The van der Waals surface area contributed by atoms with Gasteiger partial charge in [-0.1, -0.05) is 45.9 Å². The first-order valence-corrected chi connectivity index (χ1v) is 13.5. The third-order valence-electron chi connectivity index (χ3n) is 6.25. The standard InChI is InChI=1S/C23H36O6Si/c1-9-18-19(29-30(7,8)22(3,4)5)23(6,21(28-18)27-16(2)24)15-26-20(25)17-13-11-10-12-14-17/h10-14,18-19,21H,9,15H2,1-8H3/t18-,19?,21?,23+/m1/s1. The van der Waals surface area contributed by atoms with E-state index < -0.39 is 32.0 Å². The molecule has 1 saturated heterocycles. The average molecular weight is 437 g/mol. The minimum Gasteiger partial charge on any atom is -0.461 e. The van der Waals surface area contributed by atoms with Crippen molar-refractivity contribution in [2.75, 3.05) is 6.61 Å². The zero-order valence-electron chi connectivity index (χ0n) is 19.5. The Morgan fingerprint density at radius 2 is 1.77 bits per heavy atom. The molecule has 0 spiro atoms. The molecule has 1 aromatic rings. The fourth-order valence-corrected chi connectivity index (χ4v) is 4.71. The molecule has 0 N–H and O–H groups in total. The molecule has 1 fully saturated rings. The Kier molecular flexibility index (Phi) is 7.53. The quantitative estimate of drug-likeness (QED) is 0.445. The third kappa shape index (κ3) is 5.31. The molecule has 1 heterocycles. The van der Waals surface area contributed by atoms with E-state index in [2.05, 4.69) is 33.9 Å². The van der Waals surface area contributed by atoms with Crippen LogP contribution in [0.25, 0.3) is 0 Å². The summed E-state index contributed by atoms with van der Waals surface area (Å²) in [5.41, 5.74) is -0.357. The maximum atomic E-state index is 12.6. The monoisotopic (exact) mass is 436 g/mol. The summed E-state index contributed by atoms with van der Waals surface area (Å²) in [6.45, 7) is 16.2. The van der Waals surface area contributed by atoms with Crippen molar-refractivity contribution >= 4 is 20.3 Å². The smallest absolute Gasteiger partial charge is 0.338 e. The number of hydrogen-bond acceptors (Lipinski definition) is 6. The van der Waals surface area contributed by atoms with Gasteiger partial charge < -0.3 is 18.6 Å². The van der Waals surface area contributed by atoms with Gasteiger partial charge in [0, 0.05) is 6.92 Å². The van der Waals surface area contributed by atoms with E-state index in [0.717, 1.165) is 0 Å². The zero-order valence-corrected chi connectivity index (χ0v) is 20.5. The van der Waals surface area contributed by atoms with Gasteiger partial charge in [-0.3, -0.25) is 4.79 Å². The molecule has 0 radical (unpaired) electrons. The Hall–Kier alpha value is -1.70. The summed E-state index contributed by atoms with van der Waals surface area (Å²) in [7, 11) is -2.17. The lowest BCUT2D eigenvalue weighted by atomic mass is 9.83. The fourth-order valence-electron chi connectivity index (χ4n) is 3.30. The molecule has 0 bridgehead atoms. The molecule has 0 aromatic heterocycles. The van der Waals surface area contributed by atoms with Crippen molar-refractivity contribution in [1.29, 1.82) is 0 Å². The summed E-state index contributed by atoms with van der Waals surface area (Å²) in [4.78, 5) is 24.3. The maximum absolute atomic E-state index is 12.6. The summed E-state index contributed by atoms with van der Waals surface area (Å²) >= 11 is 0. The van der Waals surface area contributed by atoms with Gasteiger partial charge in [0.15, 0.2) is 8.32 Å². The van der Waals surface area contributed by atoms with E-state index in [1.54, 1.807) is 24.3 Å². The number of benzene rings is 1. The zero-order chi connectivity index (χ0) is 22.7. The molecule has 2 unspecified atom stereocenters. The Bertz CT molecular complexity index is 742. The van der Waals surface area contributed by atoms with Crippen LogP contribution in [0.1, 0.15) is 58.3 Å². The SMILES string of the molecule is CC[C@H]1OC(OC(C)=O)[C@@](C)(COC(=O)c2ccccc2)C1O[Si](C)(C)C(C)(C)C. The second kappa shape index (κ2) is 9.20. The van der Waals surface area contributed by atoms with Crippen LogP contribution in [0.3, 0.4) is 0 Å². The lowest BCUT2D eigenvalue weighted by Crippen LogP contribution is -2.53. The highest BCUT2D eigenvalue weighted by Crippen LogP contribution is 2.47. The highest BCUT2D eigenvalue weighted by Gasteiger charge is 2.58. The van der Waals surface area contributed by atoms with Gasteiger partial charge in [0.05, 0.1) is 23.2 Å². The number of carbonyl (C=O) groups is 2. The first-order valence-electron chi connectivity index (χ1n) is 10.5. The molecule has 1 aliphatic heterocycles. The lowest BCUT2D eigenvalue weighted by molar-refractivity contribution is -0.193. The van der Waals surface area contributed by atoms with Crippen LogP contribution in [0, 0.1) is 5.41 Å². The molecule has 1 aromatic carbocycles. The van der Waals surface area contributed by atoms with Crippen molar-refractivity contribution in [2.24, 2.45) is 5.41 Å². The minimum absolute atomic E-state index is 0.00750. The maximum Gasteiger partial charge on any atom is 0.338 e. The topological polar surface area (TPSA) is 71.1 Å². The van der Waals surface area contributed by atoms with Crippen LogP contribution in [0.5, 0.6) is 0 Å². The van der Waals surface area contributed by atoms with E-state index in [9.17, 15) is 9.59 Å². The Morgan fingerprint density at radius 1 is 1.17 bits per heavy atom. The van der Waals surface area contributed by atoms with E-state index in [-0.39, 0.29) is 23.9 Å². The molecule has 7 heteroatoms. The van der Waals surface area contributed by atoms with Crippen LogP contribution in [0.15, 0.2) is 30.3 Å². The van der Waals surface area contributed by atoms with Gasteiger partial charge in [-0.15, -0.1) is 0 Å². The second-order valence-corrected chi connectivity index (χ2v) is 14.5. The Morgan fingerprint density at radius 3 is 2.27 bits per heavy atom. The van der Waals surface area contributed by atoms with Crippen molar-refractivity contribution < 1.29 is 28.2 Å². The van der Waals surface area contributed by atoms with Crippen LogP contribution in [0.4, 0.5) is 0 Å². The van der Waals surface area contributed by atoms with Crippen LogP contribution in [-0.2, 0) is 23.4 Å². The van der Waals surface area contributed by atoms with Crippen LogP contribution in [-0.4, -0.2) is 45.4 Å². The van der Waals surface area contributed by atoms with Crippen molar-refractivity contribution in [3.63, 3.8) is 0 Å². The molecule has 0 amide bonds. The van der Waals surface area contributed by atoms with Crippen LogP contribution < -0.4 is 0 Å². The van der Waals surface area contributed by atoms with Gasteiger partial charge in [0.1, 0.15) is 6.61 Å². The number of rotatable bonds is 7. The normalized spacial score (nSPS) is 27.0. The van der Waals surface area contributed by atoms with Gasteiger partial charge in [-0.05, 0) is 43.6 Å². The van der Waals surface area contributed by atoms with E-state index in [0.29, 0.717) is 12.0 Å². The molecule has 6 nitrogen and oxygen atoms in total. The van der Waals surface area contributed by atoms with Crippen molar-refractivity contribution in [3.05, 3.63) is 35.9 Å².